The highest BCUT2D eigenvalue weighted by molar-refractivity contribution is 5.94. The lowest BCUT2D eigenvalue weighted by Gasteiger charge is -2.02. The molecule has 0 aromatic heterocycles. The van der Waals surface area contributed by atoms with E-state index in [1.165, 1.54) is 0 Å². The summed E-state index contributed by atoms with van der Waals surface area (Å²) in [4.78, 5) is 11.0. The van der Waals surface area contributed by atoms with Gasteiger partial charge in [-0.1, -0.05) is 42.5 Å². The lowest BCUT2D eigenvalue weighted by atomic mass is 10.0. The number of benzene rings is 2. The van der Waals surface area contributed by atoms with Crippen LogP contribution in [0.25, 0.3) is 11.1 Å². The molecule has 2 N–H and O–H groups in total. The fourth-order valence-corrected chi connectivity index (χ4v) is 1.48. The Kier molecular flexibility index (Phi) is 2.50. The minimum Gasteiger partial charge on any atom is -0.366 e. The Morgan fingerprint density at radius 2 is 1.53 bits per heavy atom. The van der Waals surface area contributed by atoms with Crippen LogP contribution in [0.2, 0.25) is 0 Å². The van der Waals surface area contributed by atoms with Gasteiger partial charge < -0.3 is 5.73 Å². The fourth-order valence-electron chi connectivity index (χ4n) is 1.48. The van der Waals surface area contributed by atoms with Crippen LogP contribution in [-0.2, 0) is 0 Å². The van der Waals surface area contributed by atoms with Gasteiger partial charge in [-0.25, -0.2) is 0 Å². The Labute approximate surface area is 88.4 Å². The van der Waals surface area contributed by atoms with Crippen LogP contribution in [0.4, 0.5) is 0 Å². The molecule has 2 aromatic rings. The molecule has 1 amide bonds. The monoisotopic (exact) mass is 197 g/mol. The summed E-state index contributed by atoms with van der Waals surface area (Å²) in [6.07, 6.45) is 0. The molecule has 74 valence electrons. The highest BCUT2D eigenvalue weighted by atomic mass is 16.1. The highest BCUT2D eigenvalue weighted by Crippen LogP contribution is 2.19. The lowest BCUT2D eigenvalue weighted by Crippen LogP contribution is -2.10. The van der Waals surface area contributed by atoms with Gasteiger partial charge in [-0.15, -0.1) is 0 Å². The third-order valence-electron chi connectivity index (χ3n) is 2.25. The van der Waals surface area contributed by atoms with Crippen molar-refractivity contribution in [2.75, 3.05) is 0 Å². The van der Waals surface area contributed by atoms with E-state index >= 15 is 0 Å². The van der Waals surface area contributed by atoms with Gasteiger partial charge in [0.2, 0.25) is 5.91 Å². The van der Waals surface area contributed by atoms with E-state index in [2.05, 4.69) is 0 Å². The summed E-state index contributed by atoms with van der Waals surface area (Å²) in [5.74, 6) is -0.396. The van der Waals surface area contributed by atoms with Gasteiger partial charge in [0.05, 0.1) is 0 Å². The average molecular weight is 197 g/mol. The number of hydrogen-bond donors (Lipinski definition) is 1. The predicted octanol–water partition coefficient (Wildman–Crippen LogP) is 2.45. The van der Waals surface area contributed by atoms with Gasteiger partial charge >= 0.3 is 0 Å². The quantitative estimate of drug-likeness (QED) is 0.789. The summed E-state index contributed by atoms with van der Waals surface area (Å²) in [6.45, 7) is 0. The van der Waals surface area contributed by atoms with Crippen LogP contribution in [0.15, 0.2) is 54.6 Å². The normalized spacial score (nSPS) is 9.87. The van der Waals surface area contributed by atoms with E-state index in [0.717, 1.165) is 11.1 Å². The molecule has 2 rings (SSSR count). The third-order valence-corrected chi connectivity index (χ3v) is 2.25. The molecule has 0 radical (unpaired) electrons. The minimum absolute atomic E-state index is 0.396. The summed E-state index contributed by atoms with van der Waals surface area (Å²) in [7, 11) is 0. The molecule has 0 bridgehead atoms. The molecular weight excluding hydrogens is 186 g/mol. The zero-order valence-electron chi connectivity index (χ0n) is 8.18. The first-order valence-corrected chi connectivity index (χ1v) is 4.72. The number of nitrogens with two attached hydrogens (primary N) is 1. The molecule has 0 saturated heterocycles. The Hall–Kier alpha value is -2.09. The Morgan fingerprint density at radius 1 is 0.867 bits per heavy atom. The second-order valence-electron chi connectivity index (χ2n) is 3.31. The van der Waals surface area contributed by atoms with E-state index in [0.29, 0.717) is 5.56 Å². The summed E-state index contributed by atoms with van der Waals surface area (Å²) in [6, 6.07) is 17.2. The van der Waals surface area contributed by atoms with Gasteiger partial charge in [0.25, 0.3) is 0 Å². The van der Waals surface area contributed by atoms with Crippen LogP contribution < -0.4 is 5.73 Å². The third kappa shape index (κ3) is 2.05. The molecule has 0 fully saturated rings. The maximum atomic E-state index is 11.0. The van der Waals surface area contributed by atoms with E-state index in [1.54, 1.807) is 12.1 Å². The molecule has 2 heteroatoms. The van der Waals surface area contributed by atoms with Gasteiger partial charge in [0.15, 0.2) is 0 Å². The second-order valence-corrected chi connectivity index (χ2v) is 3.31. The molecule has 0 atom stereocenters. The fraction of sp³-hybridized carbons (Fsp3) is 0. The zero-order chi connectivity index (χ0) is 10.7. The standard InChI is InChI=1S/C13H11NO/c14-13(15)12-8-4-7-11(9-12)10-5-2-1-3-6-10/h1-9H,(H2,14,15). The van der Waals surface area contributed by atoms with Gasteiger partial charge in [-0.3, -0.25) is 4.79 Å². The van der Waals surface area contributed by atoms with Crippen LogP contribution in [-0.4, -0.2) is 5.91 Å². The highest BCUT2D eigenvalue weighted by Gasteiger charge is 2.02. The van der Waals surface area contributed by atoms with Crippen LogP contribution in [0, 0.1) is 0 Å². The zero-order valence-corrected chi connectivity index (χ0v) is 8.18. The van der Waals surface area contributed by atoms with E-state index < -0.39 is 5.91 Å². The molecule has 0 spiro atoms. The Balaban J connectivity index is 2.46. The predicted molar refractivity (Wildman–Crippen MR) is 60.4 cm³/mol. The topological polar surface area (TPSA) is 43.1 Å². The maximum Gasteiger partial charge on any atom is 0.248 e. The molecule has 0 heterocycles. The van der Waals surface area contributed by atoms with Crippen LogP contribution in [0.5, 0.6) is 0 Å². The molecule has 0 aliphatic carbocycles. The van der Waals surface area contributed by atoms with Crippen molar-refractivity contribution in [2.45, 2.75) is 0 Å². The van der Waals surface area contributed by atoms with Gasteiger partial charge in [-0.05, 0) is 23.3 Å². The van der Waals surface area contributed by atoms with Gasteiger partial charge in [-0.2, -0.15) is 0 Å². The van der Waals surface area contributed by atoms with Crippen molar-refractivity contribution in [3.8, 4) is 11.1 Å². The summed E-state index contributed by atoms with van der Waals surface area (Å²) < 4.78 is 0. The molecule has 2 aromatic carbocycles. The van der Waals surface area contributed by atoms with Crippen molar-refractivity contribution in [2.24, 2.45) is 5.73 Å². The van der Waals surface area contributed by atoms with Crippen molar-refractivity contribution in [1.29, 1.82) is 0 Å². The number of primary amides is 1. The number of amides is 1. The molecule has 0 aliphatic heterocycles. The van der Waals surface area contributed by atoms with Crippen LogP contribution in [0.1, 0.15) is 10.4 Å². The number of carbonyl (C=O) groups excluding carboxylic acids is 1. The summed E-state index contributed by atoms with van der Waals surface area (Å²) >= 11 is 0. The molecular formula is C13H11NO. The lowest BCUT2D eigenvalue weighted by molar-refractivity contribution is 0.100. The largest absolute Gasteiger partial charge is 0.366 e. The Bertz CT molecular complexity index is 477. The van der Waals surface area contributed by atoms with Gasteiger partial charge in [0.1, 0.15) is 0 Å². The first-order valence-electron chi connectivity index (χ1n) is 4.72. The van der Waals surface area contributed by atoms with Crippen molar-refractivity contribution < 1.29 is 4.79 Å². The molecule has 2 nitrogen and oxygen atoms in total. The van der Waals surface area contributed by atoms with Crippen LogP contribution in [0.3, 0.4) is 0 Å². The SMILES string of the molecule is NC(=O)c1cccc(-c2ccccc2)c1. The minimum atomic E-state index is -0.396. The number of rotatable bonds is 2. The van der Waals surface area contributed by atoms with E-state index in [1.807, 2.05) is 42.5 Å². The average Bonchev–Trinajstić information content (AvgIpc) is 2.30. The molecule has 0 unspecified atom stereocenters. The van der Waals surface area contributed by atoms with Crippen molar-refractivity contribution in [3.63, 3.8) is 0 Å². The first kappa shape index (κ1) is 9.46. The molecule has 0 aliphatic rings. The summed E-state index contributed by atoms with van der Waals surface area (Å²) in [5.41, 5.74) is 7.85. The van der Waals surface area contributed by atoms with Crippen molar-refractivity contribution in [3.05, 3.63) is 60.2 Å². The number of carbonyl (C=O) groups is 1. The maximum absolute atomic E-state index is 11.0. The summed E-state index contributed by atoms with van der Waals surface area (Å²) in [5, 5.41) is 0. The smallest absolute Gasteiger partial charge is 0.248 e. The van der Waals surface area contributed by atoms with E-state index in [-0.39, 0.29) is 0 Å². The van der Waals surface area contributed by atoms with E-state index in [4.69, 9.17) is 5.73 Å². The van der Waals surface area contributed by atoms with E-state index in [9.17, 15) is 4.79 Å². The van der Waals surface area contributed by atoms with Crippen LogP contribution >= 0.6 is 0 Å². The van der Waals surface area contributed by atoms with Crippen molar-refractivity contribution in [1.82, 2.24) is 0 Å². The number of hydrogen-bond acceptors (Lipinski definition) is 1. The van der Waals surface area contributed by atoms with Crippen molar-refractivity contribution >= 4 is 5.91 Å². The Morgan fingerprint density at radius 3 is 2.20 bits per heavy atom. The molecule has 15 heavy (non-hydrogen) atoms. The molecule has 0 saturated carbocycles. The first-order chi connectivity index (χ1) is 7.27. The second kappa shape index (κ2) is 3.96. The van der Waals surface area contributed by atoms with Gasteiger partial charge in [0, 0.05) is 5.56 Å².